The molecule has 1 aromatic carbocycles. The van der Waals surface area contributed by atoms with Gasteiger partial charge in [0.25, 0.3) is 0 Å². The van der Waals surface area contributed by atoms with Gasteiger partial charge >= 0.3 is 0 Å². The number of aryl methyl sites for hydroxylation is 1. The van der Waals surface area contributed by atoms with Crippen molar-refractivity contribution in [1.29, 1.82) is 0 Å². The van der Waals surface area contributed by atoms with Crippen molar-refractivity contribution in [3.8, 4) is 0 Å². The van der Waals surface area contributed by atoms with Crippen molar-refractivity contribution in [2.75, 3.05) is 12.3 Å². The number of hydrogen-bond donors (Lipinski definition) is 2. The van der Waals surface area contributed by atoms with Gasteiger partial charge in [0.05, 0.1) is 6.04 Å². The van der Waals surface area contributed by atoms with Crippen LogP contribution in [0, 0.1) is 0 Å². The molecule has 1 aliphatic heterocycles. The molecule has 0 spiro atoms. The lowest BCUT2D eigenvalue weighted by atomic mass is 10.1. The van der Waals surface area contributed by atoms with Crippen molar-refractivity contribution in [3.05, 3.63) is 53.9 Å². The Morgan fingerprint density at radius 2 is 2.10 bits per heavy atom. The number of carbonyl (C=O) groups is 1. The largest absolute Gasteiger partial charge is 0.399 e. The second-order valence-electron chi connectivity index (χ2n) is 5.61. The minimum Gasteiger partial charge on any atom is -0.399 e. The monoisotopic (exact) mass is 283 g/mol. The minimum atomic E-state index is 0.221. The summed E-state index contributed by atoms with van der Waals surface area (Å²) in [4.78, 5) is 17.7. The molecule has 1 saturated heterocycles. The maximum absolute atomic E-state index is 12.5. The fourth-order valence-electron chi connectivity index (χ4n) is 3.02. The number of amides is 1. The summed E-state index contributed by atoms with van der Waals surface area (Å²) < 4.78 is 0. The summed E-state index contributed by atoms with van der Waals surface area (Å²) in [5.41, 5.74) is 8.74. The smallest absolute Gasteiger partial charge is 0.223 e. The van der Waals surface area contributed by atoms with E-state index in [0.717, 1.165) is 42.8 Å². The van der Waals surface area contributed by atoms with E-state index in [1.165, 1.54) is 0 Å². The molecule has 2 heterocycles. The van der Waals surface area contributed by atoms with E-state index < -0.39 is 0 Å². The Morgan fingerprint density at radius 3 is 2.81 bits per heavy atom. The quantitative estimate of drug-likeness (QED) is 0.847. The highest BCUT2D eigenvalue weighted by Gasteiger charge is 2.29. The SMILES string of the molecule is Nc1ccc(CCC(=O)N2CCCC2c2ccc[nH]2)cc1. The zero-order valence-electron chi connectivity index (χ0n) is 12.1. The van der Waals surface area contributed by atoms with E-state index in [1.54, 1.807) is 0 Å². The van der Waals surface area contributed by atoms with Gasteiger partial charge < -0.3 is 15.6 Å². The van der Waals surface area contributed by atoms with Gasteiger partial charge in [0.2, 0.25) is 5.91 Å². The molecule has 0 saturated carbocycles. The first-order chi connectivity index (χ1) is 10.2. The molecule has 0 bridgehead atoms. The van der Waals surface area contributed by atoms with Crippen LogP contribution in [0.5, 0.6) is 0 Å². The second kappa shape index (κ2) is 6.04. The maximum atomic E-state index is 12.5. The first kappa shape index (κ1) is 13.7. The Labute approximate surface area is 125 Å². The van der Waals surface area contributed by atoms with E-state index in [-0.39, 0.29) is 11.9 Å². The van der Waals surface area contributed by atoms with Gasteiger partial charge in [0.15, 0.2) is 0 Å². The standard InChI is InChI=1S/C17H21N3O/c18-14-8-5-13(6-9-14)7-10-17(21)20-12-2-4-16(20)15-3-1-11-19-15/h1,3,5-6,8-9,11,16,19H,2,4,7,10,12,18H2. The zero-order valence-corrected chi connectivity index (χ0v) is 12.1. The third-order valence-corrected chi connectivity index (χ3v) is 4.16. The van der Waals surface area contributed by atoms with Crippen molar-refractivity contribution in [2.45, 2.75) is 31.7 Å². The normalized spacial score (nSPS) is 18.1. The number of carbonyl (C=O) groups excluding carboxylic acids is 1. The lowest BCUT2D eigenvalue weighted by molar-refractivity contribution is -0.132. The Balaban J connectivity index is 1.61. The number of hydrogen-bond acceptors (Lipinski definition) is 2. The molecule has 1 fully saturated rings. The Morgan fingerprint density at radius 1 is 1.29 bits per heavy atom. The number of nitrogens with one attached hydrogen (secondary N) is 1. The molecule has 21 heavy (non-hydrogen) atoms. The minimum absolute atomic E-state index is 0.221. The number of benzene rings is 1. The van der Waals surface area contributed by atoms with E-state index >= 15 is 0 Å². The van der Waals surface area contributed by atoms with Gasteiger partial charge in [-0.15, -0.1) is 0 Å². The third-order valence-electron chi connectivity index (χ3n) is 4.16. The molecule has 0 aliphatic carbocycles. The number of nitrogens with zero attached hydrogens (tertiary/aromatic N) is 1. The van der Waals surface area contributed by atoms with Gasteiger partial charge in [0.1, 0.15) is 0 Å². The second-order valence-corrected chi connectivity index (χ2v) is 5.61. The first-order valence-corrected chi connectivity index (χ1v) is 7.51. The molecule has 3 N–H and O–H groups in total. The lowest BCUT2D eigenvalue weighted by Gasteiger charge is -2.24. The Kier molecular flexibility index (Phi) is 3.95. The molecule has 2 aromatic rings. The molecule has 1 aromatic heterocycles. The molecular formula is C17H21N3O. The fraction of sp³-hybridized carbons (Fsp3) is 0.353. The predicted octanol–water partition coefficient (Wildman–Crippen LogP) is 2.89. The summed E-state index contributed by atoms with van der Waals surface area (Å²) in [7, 11) is 0. The van der Waals surface area contributed by atoms with Crippen LogP contribution in [0.4, 0.5) is 5.69 Å². The first-order valence-electron chi connectivity index (χ1n) is 7.51. The number of aromatic amines is 1. The van der Waals surface area contributed by atoms with Crippen molar-refractivity contribution in [1.82, 2.24) is 9.88 Å². The highest BCUT2D eigenvalue weighted by molar-refractivity contribution is 5.77. The number of rotatable bonds is 4. The van der Waals surface area contributed by atoms with Crippen LogP contribution in [-0.4, -0.2) is 22.3 Å². The average molecular weight is 283 g/mol. The number of anilines is 1. The molecule has 4 nitrogen and oxygen atoms in total. The van der Waals surface area contributed by atoms with Crippen LogP contribution >= 0.6 is 0 Å². The van der Waals surface area contributed by atoms with E-state index in [9.17, 15) is 4.79 Å². The van der Waals surface area contributed by atoms with E-state index in [0.29, 0.717) is 6.42 Å². The summed E-state index contributed by atoms with van der Waals surface area (Å²) in [6.07, 6.45) is 5.38. The van der Waals surface area contributed by atoms with Crippen LogP contribution in [0.25, 0.3) is 0 Å². The number of aromatic nitrogens is 1. The number of nitrogen functional groups attached to an aromatic ring is 1. The molecule has 3 rings (SSSR count). The van der Waals surface area contributed by atoms with E-state index in [2.05, 4.69) is 11.1 Å². The third kappa shape index (κ3) is 3.10. The Hall–Kier alpha value is -2.23. The summed E-state index contributed by atoms with van der Waals surface area (Å²) in [6.45, 7) is 0.865. The van der Waals surface area contributed by atoms with Crippen LogP contribution in [0.3, 0.4) is 0 Å². The average Bonchev–Trinajstić information content (AvgIpc) is 3.16. The van der Waals surface area contributed by atoms with Crippen molar-refractivity contribution in [2.24, 2.45) is 0 Å². The maximum Gasteiger partial charge on any atom is 0.223 e. The zero-order chi connectivity index (χ0) is 14.7. The molecule has 1 amide bonds. The Bertz CT molecular complexity index is 589. The molecule has 1 aliphatic rings. The lowest BCUT2D eigenvalue weighted by Crippen LogP contribution is -2.30. The molecule has 0 radical (unpaired) electrons. The van der Waals surface area contributed by atoms with Crippen LogP contribution < -0.4 is 5.73 Å². The fourth-order valence-corrected chi connectivity index (χ4v) is 3.02. The van der Waals surface area contributed by atoms with Crippen LogP contribution in [0.15, 0.2) is 42.6 Å². The summed E-state index contributed by atoms with van der Waals surface area (Å²) in [5, 5.41) is 0. The van der Waals surface area contributed by atoms with Crippen LogP contribution in [-0.2, 0) is 11.2 Å². The topological polar surface area (TPSA) is 62.1 Å². The predicted molar refractivity (Wildman–Crippen MR) is 83.7 cm³/mol. The van der Waals surface area contributed by atoms with Crippen molar-refractivity contribution in [3.63, 3.8) is 0 Å². The molecule has 1 unspecified atom stereocenters. The number of likely N-dealkylation sites (tertiary alicyclic amines) is 1. The molecule has 110 valence electrons. The van der Waals surface area contributed by atoms with Crippen molar-refractivity contribution >= 4 is 11.6 Å². The summed E-state index contributed by atoms with van der Waals surface area (Å²) in [6, 6.07) is 12.0. The summed E-state index contributed by atoms with van der Waals surface area (Å²) >= 11 is 0. The van der Waals surface area contributed by atoms with Gasteiger partial charge in [-0.3, -0.25) is 4.79 Å². The van der Waals surface area contributed by atoms with Gasteiger partial charge in [-0.1, -0.05) is 12.1 Å². The molecule has 4 heteroatoms. The van der Waals surface area contributed by atoms with E-state index in [1.807, 2.05) is 41.4 Å². The number of H-pyrrole nitrogens is 1. The van der Waals surface area contributed by atoms with Crippen LogP contribution in [0.1, 0.15) is 36.6 Å². The van der Waals surface area contributed by atoms with E-state index in [4.69, 9.17) is 5.73 Å². The van der Waals surface area contributed by atoms with Gasteiger partial charge in [-0.05, 0) is 49.1 Å². The van der Waals surface area contributed by atoms with Crippen molar-refractivity contribution < 1.29 is 4.79 Å². The number of nitrogens with two attached hydrogens (primary N) is 1. The van der Waals surface area contributed by atoms with Gasteiger partial charge in [-0.2, -0.15) is 0 Å². The van der Waals surface area contributed by atoms with Crippen LogP contribution in [0.2, 0.25) is 0 Å². The highest BCUT2D eigenvalue weighted by Crippen LogP contribution is 2.31. The summed E-state index contributed by atoms with van der Waals surface area (Å²) in [5.74, 6) is 0.240. The highest BCUT2D eigenvalue weighted by atomic mass is 16.2. The van der Waals surface area contributed by atoms with Gasteiger partial charge in [0, 0.05) is 30.5 Å². The molecule has 1 atom stereocenters. The molecular weight excluding hydrogens is 262 g/mol. The van der Waals surface area contributed by atoms with Gasteiger partial charge in [-0.25, -0.2) is 0 Å².